The average Bonchev–Trinajstić information content (AvgIpc) is 1.41. The van der Waals surface area contributed by atoms with Crippen LogP contribution in [0.5, 0.6) is 0 Å². The Morgan fingerprint density at radius 3 is 1.50 bits per heavy atom. The van der Waals surface area contributed by atoms with Gasteiger partial charge in [0.1, 0.15) is 0 Å². The van der Waals surface area contributed by atoms with Crippen molar-refractivity contribution in [2.75, 3.05) is 0 Å². The van der Waals surface area contributed by atoms with Gasteiger partial charge in [0, 0.05) is 19.5 Å². The van der Waals surface area contributed by atoms with E-state index in [1.165, 1.54) is 12.8 Å². The maximum atomic E-state index is 2.25. The molecule has 0 N–H and O–H groups in total. The SMILES string of the molecule is CC[CH]CC.[Zn]. The van der Waals surface area contributed by atoms with Crippen LogP contribution in [0.25, 0.3) is 0 Å². The predicted octanol–water partition coefficient (Wildman–Crippen LogP) is 2.01. The molecule has 0 aromatic carbocycles. The molecule has 0 fully saturated rings. The summed E-state index contributed by atoms with van der Waals surface area (Å²) >= 11 is 0. The molecular formula is C5H11Zn. The number of hydrogen-bond donors (Lipinski definition) is 0. The van der Waals surface area contributed by atoms with Crippen LogP contribution >= 0.6 is 0 Å². The summed E-state index contributed by atoms with van der Waals surface area (Å²) in [5.74, 6) is 0. The molecule has 1 radical (unpaired) electrons. The average molecular weight is 137 g/mol. The minimum absolute atomic E-state index is 0. The van der Waals surface area contributed by atoms with E-state index >= 15 is 0 Å². The van der Waals surface area contributed by atoms with Gasteiger partial charge in [-0.25, -0.2) is 0 Å². The molecule has 0 aliphatic carbocycles. The van der Waals surface area contributed by atoms with Crippen LogP contribution in [-0.2, 0) is 19.5 Å². The Labute approximate surface area is 53.1 Å². The van der Waals surface area contributed by atoms with Gasteiger partial charge in [0.2, 0.25) is 0 Å². The van der Waals surface area contributed by atoms with E-state index in [2.05, 4.69) is 20.3 Å². The van der Waals surface area contributed by atoms with Gasteiger partial charge in [0.25, 0.3) is 0 Å². The van der Waals surface area contributed by atoms with Crippen molar-refractivity contribution in [3.8, 4) is 0 Å². The molecule has 0 saturated carbocycles. The number of rotatable bonds is 2. The molecular weight excluding hydrogens is 125 g/mol. The first-order valence-electron chi connectivity index (χ1n) is 2.23. The molecule has 0 rings (SSSR count). The first kappa shape index (κ1) is 9.80. The van der Waals surface area contributed by atoms with Gasteiger partial charge >= 0.3 is 0 Å². The van der Waals surface area contributed by atoms with Crippen molar-refractivity contribution in [3.63, 3.8) is 0 Å². The van der Waals surface area contributed by atoms with Gasteiger partial charge in [-0.3, -0.25) is 0 Å². The number of hydrogen-bond acceptors (Lipinski definition) is 0. The van der Waals surface area contributed by atoms with Crippen LogP contribution in [0.3, 0.4) is 0 Å². The Bertz CT molecular complexity index is 11.4. The van der Waals surface area contributed by atoms with Gasteiger partial charge in [-0.2, -0.15) is 0 Å². The summed E-state index contributed by atoms with van der Waals surface area (Å²) in [5, 5.41) is 0. The first-order valence-corrected chi connectivity index (χ1v) is 2.23. The molecule has 0 saturated heterocycles. The monoisotopic (exact) mass is 135 g/mol. The van der Waals surface area contributed by atoms with Crippen LogP contribution in [0.4, 0.5) is 0 Å². The van der Waals surface area contributed by atoms with Gasteiger partial charge in [-0.1, -0.05) is 26.7 Å². The van der Waals surface area contributed by atoms with Gasteiger partial charge in [0.15, 0.2) is 0 Å². The third kappa shape index (κ3) is 8.82. The second kappa shape index (κ2) is 9.16. The Hall–Kier alpha value is 0.623. The first-order chi connectivity index (χ1) is 2.41. The van der Waals surface area contributed by atoms with Crippen molar-refractivity contribution in [1.82, 2.24) is 0 Å². The summed E-state index contributed by atoms with van der Waals surface area (Å²) in [6.45, 7) is 4.31. The molecule has 0 heterocycles. The molecule has 0 bridgehead atoms. The van der Waals surface area contributed by atoms with Crippen molar-refractivity contribution in [2.45, 2.75) is 26.7 Å². The summed E-state index contributed by atoms with van der Waals surface area (Å²) in [7, 11) is 0. The summed E-state index contributed by atoms with van der Waals surface area (Å²) in [4.78, 5) is 0. The van der Waals surface area contributed by atoms with Gasteiger partial charge in [-0.05, 0) is 6.42 Å². The minimum atomic E-state index is 0. The maximum Gasteiger partial charge on any atom is 0 e. The second-order valence-corrected chi connectivity index (χ2v) is 1.11. The molecule has 0 aromatic heterocycles. The van der Waals surface area contributed by atoms with E-state index in [0.29, 0.717) is 0 Å². The quantitative estimate of drug-likeness (QED) is 0.510. The van der Waals surface area contributed by atoms with E-state index in [4.69, 9.17) is 0 Å². The smallest absolute Gasteiger partial charge is 0 e. The standard InChI is InChI=1S/C5H11.Zn/c1-3-5-4-2;/h5H,3-4H2,1-2H3;. The molecule has 0 aliphatic rings. The molecule has 33 valence electrons. The molecule has 0 unspecified atom stereocenters. The molecule has 1 heteroatoms. The van der Waals surface area contributed by atoms with Crippen LogP contribution < -0.4 is 0 Å². The van der Waals surface area contributed by atoms with Crippen molar-refractivity contribution >= 4 is 0 Å². The third-order valence-corrected chi connectivity index (χ3v) is 0.577. The third-order valence-electron chi connectivity index (χ3n) is 0.577. The normalized spacial score (nSPS) is 7.00. The van der Waals surface area contributed by atoms with Crippen LogP contribution in [0, 0.1) is 6.42 Å². The maximum absolute atomic E-state index is 2.25. The van der Waals surface area contributed by atoms with Crippen molar-refractivity contribution < 1.29 is 19.5 Å². The Kier molecular flexibility index (Phi) is 15.0. The zero-order chi connectivity index (χ0) is 4.12. The predicted molar refractivity (Wildman–Crippen MR) is 24.9 cm³/mol. The Morgan fingerprint density at radius 1 is 1.17 bits per heavy atom. The van der Waals surface area contributed by atoms with Crippen molar-refractivity contribution in [3.05, 3.63) is 6.42 Å². The van der Waals surface area contributed by atoms with Crippen LogP contribution in [-0.4, -0.2) is 0 Å². The fourth-order valence-corrected chi connectivity index (χ4v) is 0.289. The van der Waals surface area contributed by atoms with Crippen molar-refractivity contribution in [2.24, 2.45) is 0 Å². The largest absolute Gasteiger partial charge is 0.0651 e. The summed E-state index contributed by atoms with van der Waals surface area (Å²) in [6.07, 6.45) is 4.69. The molecule has 0 amide bonds. The van der Waals surface area contributed by atoms with Crippen LogP contribution in [0.15, 0.2) is 0 Å². The fraction of sp³-hybridized carbons (Fsp3) is 0.800. The zero-order valence-electron chi connectivity index (χ0n) is 4.70. The minimum Gasteiger partial charge on any atom is -0.0651 e. The summed E-state index contributed by atoms with van der Waals surface area (Å²) < 4.78 is 0. The fourth-order valence-electron chi connectivity index (χ4n) is 0.289. The van der Waals surface area contributed by atoms with Crippen LogP contribution in [0.2, 0.25) is 0 Å². The summed E-state index contributed by atoms with van der Waals surface area (Å²) in [6, 6.07) is 0. The molecule has 6 heavy (non-hydrogen) atoms. The Balaban J connectivity index is 0. The van der Waals surface area contributed by atoms with Crippen molar-refractivity contribution in [1.29, 1.82) is 0 Å². The van der Waals surface area contributed by atoms with Gasteiger partial charge in [0.05, 0.1) is 0 Å². The molecule has 0 atom stereocenters. The number of unbranched alkanes of at least 4 members (excludes halogenated alkanes) is 2. The van der Waals surface area contributed by atoms with E-state index in [-0.39, 0.29) is 19.5 Å². The molecule has 0 aromatic rings. The van der Waals surface area contributed by atoms with E-state index < -0.39 is 0 Å². The summed E-state index contributed by atoms with van der Waals surface area (Å²) in [5.41, 5.74) is 0. The zero-order valence-corrected chi connectivity index (χ0v) is 7.67. The molecule has 0 nitrogen and oxygen atoms in total. The van der Waals surface area contributed by atoms with E-state index in [1.807, 2.05) is 0 Å². The second-order valence-electron chi connectivity index (χ2n) is 1.11. The van der Waals surface area contributed by atoms with Gasteiger partial charge < -0.3 is 0 Å². The van der Waals surface area contributed by atoms with E-state index in [0.717, 1.165) is 0 Å². The molecule has 0 aliphatic heterocycles. The van der Waals surface area contributed by atoms with E-state index in [1.54, 1.807) is 0 Å². The van der Waals surface area contributed by atoms with Gasteiger partial charge in [-0.15, -0.1) is 0 Å². The Morgan fingerprint density at radius 2 is 1.50 bits per heavy atom. The van der Waals surface area contributed by atoms with E-state index in [9.17, 15) is 0 Å². The topological polar surface area (TPSA) is 0 Å². The van der Waals surface area contributed by atoms with Crippen LogP contribution in [0.1, 0.15) is 26.7 Å². The molecule has 0 spiro atoms.